The van der Waals surface area contributed by atoms with E-state index in [2.05, 4.69) is 5.92 Å². The van der Waals surface area contributed by atoms with Crippen LogP contribution in [0.15, 0.2) is 18.2 Å². The lowest BCUT2D eigenvalue weighted by atomic mass is 9.98. The molecule has 1 nitrogen and oxygen atoms in total. The summed E-state index contributed by atoms with van der Waals surface area (Å²) >= 11 is 0. The van der Waals surface area contributed by atoms with E-state index < -0.39 is 6.67 Å². The average Bonchev–Trinajstić information content (AvgIpc) is 2.28. The SMILES string of the molecule is C#Cc1cccc(C(C)CF)c1OCC. The van der Waals surface area contributed by atoms with E-state index in [9.17, 15) is 4.39 Å². The third kappa shape index (κ3) is 2.50. The Morgan fingerprint density at radius 2 is 2.27 bits per heavy atom. The average molecular weight is 206 g/mol. The van der Waals surface area contributed by atoms with E-state index in [1.54, 1.807) is 6.07 Å². The summed E-state index contributed by atoms with van der Waals surface area (Å²) in [6, 6.07) is 5.49. The van der Waals surface area contributed by atoms with E-state index in [4.69, 9.17) is 11.2 Å². The molecule has 1 atom stereocenters. The van der Waals surface area contributed by atoms with Crippen LogP contribution in [-0.4, -0.2) is 13.3 Å². The van der Waals surface area contributed by atoms with Gasteiger partial charge in [0.25, 0.3) is 0 Å². The van der Waals surface area contributed by atoms with Crippen LogP contribution in [0.1, 0.15) is 30.9 Å². The lowest BCUT2D eigenvalue weighted by Crippen LogP contribution is -2.03. The van der Waals surface area contributed by atoms with Gasteiger partial charge < -0.3 is 4.74 Å². The molecule has 0 radical (unpaired) electrons. The highest BCUT2D eigenvalue weighted by Gasteiger charge is 2.13. The number of ether oxygens (including phenoxy) is 1. The number of halogens is 1. The van der Waals surface area contributed by atoms with E-state index >= 15 is 0 Å². The van der Waals surface area contributed by atoms with Gasteiger partial charge in [-0.05, 0) is 13.0 Å². The zero-order valence-electron chi connectivity index (χ0n) is 9.09. The first-order valence-electron chi connectivity index (χ1n) is 5.02. The molecule has 0 heterocycles. The lowest BCUT2D eigenvalue weighted by Gasteiger charge is -2.15. The highest BCUT2D eigenvalue weighted by Crippen LogP contribution is 2.30. The van der Waals surface area contributed by atoms with Gasteiger partial charge in [-0.15, -0.1) is 6.42 Å². The summed E-state index contributed by atoms with van der Waals surface area (Å²) in [5.41, 5.74) is 1.53. The van der Waals surface area contributed by atoms with Gasteiger partial charge in [0.05, 0.1) is 18.8 Å². The third-order valence-corrected chi connectivity index (χ3v) is 2.25. The molecule has 0 aliphatic heterocycles. The summed E-state index contributed by atoms with van der Waals surface area (Å²) in [6.45, 7) is 3.83. The van der Waals surface area contributed by atoms with E-state index in [0.717, 1.165) is 5.56 Å². The Morgan fingerprint density at radius 3 is 2.80 bits per heavy atom. The fourth-order valence-corrected chi connectivity index (χ4v) is 1.45. The zero-order valence-corrected chi connectivity index (χ0v) is 9.09. The zero-order chi connectivity index (χ0) is 11.3. The number of terminal acetylenes is 1. The van der Waals surface area contributed by atoms with Gasteiger partial charge in [0.1, 0.15) is 5.75 Å². The van der Waals surface area contributed by atoms with Crippen LogP contribution >= 0.6 is 0 Å². The molecule has 1 aromatic rings. The summed E-state index contributed by atoms with van der Waals surface area (Å²) in [7, 11) is 0. The van der Waals surface area contributed by atoms with Crippen molar-refractivity contribution in [2.75, 3.05) is 13.3 Å². The van der Waals surface area contributed by atoms with Gasteiger partial charge >= 0.3 is 0 Å². The molecule has 2 heteroatoms. The fourth-order valence-electron chi connectivity index (χ4n) is 1.45. The van der Waals surface area contributed by atoms with E-state index in [1.807, 2.05) is 26.0 Å². The number of hydrogen-bond acceptors (Lipinski definition) is 1. The number of rotatable bonds is 4. The van der Waals surface area contributed by atoms with Crippen molar-refractivity contribution >= 4 is 0 Å². The Labute approximate surface area is 90.3 Å². The highest BCUT2D eigenvalue weighted by molar-refractivity contribution is 5.51. The van der Waals surface area contributed by atoms with Crippen molar-refractivity contribution in [3.05, 3.63) is 29.3 Å². The van der Waals surface area contributed by atoms with Gasteiger partial charge in [-0.2, -0.15) is 0 Å². The molecule has 0 aromatic heterocycles. The summed E-state index contributed by atoms with van der Waals surface area (Å²) in [5.74, 6) is 3.02. The normalized spacial score (nSPS) is 11.9. The van der Waals surface area contributed by atoms with Crippen LogP contribution in [0.2, 0.25) is 0 Å². The number of benzene rings is 1. The minimum absolute atomic E-state index is 0.181. The molecule has 1 rings (SSSR count). The second-order valence-electron chi connectivity index (χ2n) is 3.36. The van der Waals surface area contributed by atoms with E-state index in [1.165, 1.54) is 0 Å². The first-order chi connectivity index (χ1) is 7.24. The summed E-state index contributed by atoms with van der Waals surface area (Å²) in [6.07, 6.45) is 5.37. The molecule has 80 valence electrons. The molecule has 0 bridgehead atoms. The molecule has 0 aliphatic carbocycles. The van der Waals surface area contributed by atoms with Crippen LogP contribution in [0.4, 0.5) is 4.39 Å². The topological polar surface area (TPSA) is 9.23 Å². The van der Waals surface area contributed by atoms with Gasteiger partial charge in [-0.1, -0.05) is 25.0 Å². The fraction of sp³-hybridized carbons (Fsp3) is 0.385. The second-order valence-corrected chi connectivity index (χ2v) is 3.36. The maximum atomic E-state index is 12.6. The van der Waals surface area contributed by atoms with E-state index in [-0.39, 0.29) is 5.92 Å². The van der Waals surface area contributed by atoms with Crippen molar-refractivity contribution in [1.29, 1.82) is 0 Å². The second kappa shape index (κ2) is 5.41. The van der Waals surface area contributed by atoms with Gasteiger partial charge in [-0.3, -0.25) is 4.39 Å². The third-order valence-electron chi connectivity index (χ3n) is 2.25. The standard InChI is InChI=1S/C13H15FO/c1-4-11-7-6-8-12(10(3)9-14)13(11)15-5-2/h1,6-8,10H,5,9H2,2-3H3. The molecule has 0 saturated heterocycles. The Kier molecular flexibility index (Phi) is 4.17. The van der Waals surface area contributed by atoms with Gasteiger partial charge in [0.15, 0.2) is 0 Å². The minimum atomic E-state index is -0.409. The van der Waals surface area contributed by atoms with Crippen LogP contribution < -0.4 is 4.74 Å². The Hall–Kier alpha value is -1.49. The number of alkyl halides is 1. The predicted octanol–water partition coefficient (Wildman–Crippen LogP) is 3.14. The molecular formula is C13H15FO. The number of hydrogen-bond donors (Lipinski definition) is 0. The largest absolute Gasteiger partial charge is 0.492 e. The smallest absolute Gasteiger partial charge is 0.138 e. The van der Waals surface area contributed by atoms with Crippen molar-refractivity contribution in [2.24, 2.45) is 0 Å². The molecule has 0 amide bonds. The van der Waals surface area contributed by atoms with Crippen molar-refractivity contribution < 1.29 is 9.13 Å². The van der Waals surface area contributed by atoms with Gasteiger partial charge in [0.2, 0.25) is 0 Å². The molecule has 0 N–H and O–H groups in total. The van der Waals surface area contributed by atoms with Crippen LogP contribution in [0.25, 0.3) is 0 Å². The van der Waals surface area contributed by atoms with Crippen LogP contribution in [0, 0.1) is 12.3 Å². The molecule has 0 spiro atoms. The molecule has 1 unspecified atom stereocenters. The summed E-state index contributed by atoms with van der Waals surface area (Å²) in [5, 5.41) is 0. The maximum absolute atomic E-state index is 12.6. The molecular weight excluding hydrogens is 191 g/mol. The van der Waals surface area contributed by atoms with Crippen LogP contribution in [0.5, 0.6) is 5.75 Å². The van der Waals surface area contributed by atoms with Crippen molar-refractivity contribution in [3.8, 4) is 18.1 Å². The molecule has 0 fully saturated rings. The molecule has 0 saturated carbocycles. The summed E-state index contributed by atoms with van der Waals surface area (Å²) < 4.78 is 18.1. The van der Waals surface area contributed by atoms with Crippen molar-refractivity contribution in [3.63, 3.8) is 0 Å². The lowest BCUT2D eigenvalue weighted by molar-refractivity contribution is 0.329. The first kappa shape index (κ1) is 11.6. The quantitative estimate of drug-likeness (QED) is 0.688. The monoisotopic (exact) mass is 206 g/mol. The van der Waals surface area contributed by atoms with Crippen molar-refractivity contribution in [1.82, 2.24) is 0 Å². The maximum Gasteiger partial charge on any atom is 0.138 e. The minimum Gasteiger partial charge on any atom is -0.492 e. The number of para-hydroxylation sites is 1. The summed E-state index contributed by atoms with van der Waals surface area (Å²) in [4.78, 5) is 0. The molecule has 15 heavy (non-hydrogen) atoms. The van der Waals surface area contributed by atoms with Gasteiger partial charge in [0, 0.05) is 11.5 Å². The van der Waals surface area contributed by atoms with Crippen LogP contribution in [-0.2, 0) is 0 Å². The Balaban J connectivity index is 3.20. The first-order valence-corrected chi connectivity index (χ1v) is 5.02. The highest BCUT2D eigenvalue weighted by atomic mass is 19.1. The predicted molar refractivity (Wildman–Crippen MR) is 59.9 cm³/mol. The molecule has 1 aromatic carbocycles. The van der Waals surface area contributed by atoms with Crippen molar-refractivity contribution in [2.45, 2.75) is 19.8 Å². The Bertz CT molecular complexity index is 365. The van der Waals surface area contributed by atoms with Gasteiger partial charge in [-0.25, -0.2) is 0 Å². The van der Waals surface area contributed by atoms with Crippen LogP contribution in [0.3, 0.4) is 0 Å². The Morgan fingerprint density at radius 1 is 1.53 bits per heavy atom. The molecule has 0 aliphatic rings. The van der Waals surface area contributed by atoms with E-state index in [0.29, 0.717) is 17.9 Å².